The minimum Gasteiger partial charge on any atom is -0.496 e. The lowest BCUT2D eigenvalue weighted by atomic mass is 10.0. The van der Waals surface area contributed by atoms with E-state index < -0.39 is 0 Å². The third-order valence-corrected chi connectivity index (χ3v) is 3.73. The average molecular weight is 290 g/mol. The molecule has 2 aromatic rings. The Balaban J connectivity index is 2.09. The highest BCUT2D eigenvalue weighted by Gasteiger charge is 2.09. The van der Waals surface area contributed by atoms with Gasteiger partial charge in [-0.3, -0.25) is 0 Å². The first-order chi connectivity index (χ1) is 9.61. The van der Waals surface area contributed by atoms with E-state index >= 15 is 0 Å². The lowest BCUT2D eigenvalue weighted by Crippen LogP contribution is -2.19. The van der Waals surface area contributed by atoms with Gasteiger partial charge in [0.15, 0.2) is 0 Å². The number of halogens is 1. The highest BCUT2D eigenvalue weighted by Crippen LogP contribution is 2.24. The van der Waals surface area contributed by atoms with Gasteiger partial charge in [0.25, 0.3) is 0 Å². The molecule has 20 heavy (non-hydrogen) atoms. The highest BCUT2D eigenvalue weighted by atomic mass is 35.5. The van der Waals surface area contributed by atoms with E-state index in [1.165, 1.54) is 11.1 Å². The maximum Gasteiger partial charge on any atom is 0.123 e. The second kappa shape index (κ2) is 6.78. The molecule has 0 bridgehead atoms. The van der Waals surface area contributed by atoms with E-state index in [9.17, 15) is 0 Å². The lowest BCUT2D eigenvalue weighted by molar-refractivity contribution is 0.406. The lowest BCUT2D eigenvalue weighted by Gasteiger charge is -2.17. The van der Waals surface area contributed by atoms with Gasteiger partial charge in [-0.05, 0) is 43.2 Å². The Morgan fingerprint density at radius 2 is 1.95 bits per heavy atom. The molecule has 0 saturated heterocycles. The fourth-order valence-electron chi connectivity index (χ4n) is 2.33. The van der Waals surface area contributed by atoms with Gasteiger partial charge in [0.2, 0.25) is 0 Å². The molecule has 0 aromatic heterocycles. The number of aryl methyl sites for hydroxylation is 1. The van der Waals surface area contributed by atoms with Crippen LogP contribution in [0.15, 0.2) is 42.5 Å². The van der Waals surface area contributed by atoms with E-state index in [0.29, 0.717) is 0 Å². The van der Waals surface area contributed by atoms with Gasteiger partial charge in [-0.15, -0.1) is 0 Å². The molecule has 0 saturated carbocycles. The van der Waals surface area contributed by atoms with E-state index in [4.69, 9.17) is 16.3 Å². The number of hydrogen-bond acceptors (Lipinski definition) is 2. The molecule has 0 heterocycles. The summed E-state index contributed by atoms with van der Waals surface area (Å²) in [4.78, 5) is 0. The molecule has 3 heteroatoms. The summed E-state index contributed by atoms with van der Waals surface area (Å²) < 4.78 is 5.36. The van der Waals surface area contributed by atoms with Gasteiger partial charge in [0.1, 0.15) is 5.75 Å². The molecule has 1 atom stereocenters. The van der Waals surface area contributed by atoms with Crippen molar-refractivity contribution in [2.45, 2.75) is 26.4 Å². The van der Waals surface area contributed by atoms with Crippen LogP contribution in [-0.2, 0) is 6.54 Å². The van der Waals surface area contributed by atoms with Crippen molar-refractivity contribution in [3.63, 3.8) is 0 Å². The standard InChI is InChI=1S/C17H20ClNO/c1-12-6-4-5-7-16(12)13(2)19-11-14-10-15(18)8-9-17(14)20-3/h4-10,13,19H,11H2,1-3H3/t13-/m0/s1. The number of hydrogen-bond donors (Lipinski definition) is 1. The Hall–Kier alpha value is -1.51. The van der Waals surface area contributed by atoms with E-state index in [-0.39, 0.29) is 6.04 Å². The number of nitrogens with one attached hydrogen (secondary N) is 1. The second-order valence-electron chi connectivity index (χ2n) is 4.92. The molecule has 1 N–H and O–H groups in total. The highest BCUT2D eigenvalue weighted by molar-refractivity contribution is 6.30. The topological polar surface area (TPSA) is 21.3 Å². The van der Waals surface area contributed by atoms with Gasteiger partial charge < -0.3 is 10.1 Å². The van der Waals surface area contributed by atoms with E-state index in [2.05, 4.69) is 43.4 Å². The van der Waals surface area contributed by atoms with Gasteiger partial charge in [0, 0.05) is 23.2 Å². The van der Waals surface area contributed by atoms with Crippen LogP contribution in [0.2, 0.25) is 5.02 Å². The van der Waals surface area contributed by atoms with Crippen LogP contribution in [0.1, 0.15) is 29.7 Å². The zero-order valence-electron chi connectivity index (χ0n) is 12.1. The summed E-state index contributed by atoms with van der Waals surface area (Å²) in [5.74, 6) is 0.860. The van der Waals surface area contributed by atoms with Crippen LogP contribution in [0.3, 0.4) is 0 Å². The zero-order valence-corrected chi connectivity index (χ0v) is 12.9. The largest absolute Gasteiger partial charge is 0.496 e. The molecule has 0 aliphatic carbocycles. The summed E-state index contributed by atoms with van der Waals surface area (Å²) in [6.07, 6.45) is 0. The van der Waals surface area contributed by atoms with Crippen molar-refractivity contribution < 1.29 is 4.74 Å². The van der Waals surface area contributed by atoms with Gasteiger partial charge in [-0.1, -0.05) is 35.9 Å². The van der Waals surface area contributed by atoms with Crippen molar-refractivity contribution in [2.24, 2.45) is 0 Å². The zero-order chi connectivity index (χ0) is 14.5. The minimum absolute atomic E-state index is 0.278. The predicted molar refractivity (Wildman–Crippen MR) is 84.4 cm³/mol. The molecule has 0 spiro atoms. The summed E-state index contributed by atoms with van der Waals surface area (Å²) >= 11 is 6.05. The number of methoxy groups -OCH3 is 1. The molecule has 0 aliphatic heterocycles. The third-order valence-electron chi connectivity index (χ3n) is 3.50. The Morgan fingerprint density at radius 1 is 1.20 bits per heavy atom. The minimum atomic E-state index is 0.278. The average Bonchev–Trinajstić information content (AvgIpc) is 2.45. The predicted octanol–water partition coefficient (Wildman–Crippen LogP) is 4.51. The van der Waals surface area contributed by atoms with Crippen molar-refractivity contribution in [3.8, 4) is 5.75 Å². The van der Waals surface area contributed by atoms with Crippen LogP contribution in [0, 0.1) is 6.92 Å². The first-order valence-electron chi connectivity index (χ1n) is 6.73. The summed E-state index contributed by atoms with van der Waals surface area (Å²) in [6, 6.07) is 14.4. The summed E-state index contributed by atoms with van der Waals surface area (Å²) in [5, 5.41) is 4.25. The Bertz CT molecular complexity index is 583. The van der Waals surface area contributed by atoms with Crippen LogP contribution < -0.4 is 10.1 Å². The van der Waals surface area contributed by atoms with Gasteiger partial charge in [-0.2, -0.15) is 0 Å². The molecule has 0 unspecified atom stereocenters. The van der Waals surface area contributed by atoms with Crippen LogP contribution in [0.4, 0.5) is 0 Å². The second-order valence-corrected chi connectivity index (χ2v) is 5.35. The maximum atomic E-state index is 6.05. The van der Waals surface area contributed by atoms with Crippen LogP contribution >= 0.6 is 11.6 Å². The van der Waals surface area contributed by atoms with E-state index in [1.54, 1.807) is 7.11 Å². The SMILES string of the molecule is COc1ccc(Cl)cc1CN[C@@H](C)c1ccccc1C. The quantitative estimate of drug-likeness (QED) is 0.874. The maximum absolute atomic E-state index is 6.05. The fourth-order valence-corrected chi connectivity index (χ4v) is 2.53. The van der Waals surface area contributed by atoms with E-state index in [1.807, 2.05) is 18.2 Å². The third kappa shape index (κ3) is 3.53. The van der Waals surface area contributed by atoms with Crippen molar-refractivity contribution >= 4 is 11.6 Å². The molecule has 0 amide bonds. The Kier molecular flexibility index (Phi) is 5.05. The van der Waals surface area contributed by atoms with Crippen molar-refractivity contribution in [3.05, 3.63) is 64.2 Å². The molecule has 0 radical (unpaired) electrons. The molecule has 0 aliphatic rings. The first-order valence-corrected chi connectivity index (χ1v) is 7.11. The summed E-state index contributed by atoms with van der Waals surface area (Å²) in [7, 11) is 1.68. The number of benzene rings is 2. The fraction of sp³-hybridized carbons (Fsp3) is 0.294. The summed E-state index contributed by atoms with van der Waals surface area (Å²) in [5.41, 5.74) is 3.68. The van der Waals surface area contributed by atoms with E-state index in [0.717, 1.165) is 22.9 Å². The van der Waals surface area contributed by atoms with Gasteiger partial charge in [0.05, 0.1) is 7.11 Å². The van der Waals surface area contributed by atoms with Crippen molar-refractivity contribution in [2.75, 3.05) is 7.11 Å². The first kappa shape index (κ1) is 14.9. The molecular formula is C17H20ClNO. The summed E-state index contributed by atoms with van der Waals surface area (Å²) in [6.45, 7) is 5.02. The molecule has 2 nitrogen and oxygen atoms in total. The molecule has 106 valence electrons. The Morgan fingerprint density at radius 3 is 2.65 bits per heavy atom. The monoisotopic (exact) mass is 289 g/mol. The van der Waals surface area contributed by atoms with Crippen molar-refractivity contribution in [1.82, 2.24) is 5.32 Å². The number of ether oxygens (including phenoxy) is 1. The molecular weight excluding hydrogens is 270 g/mol. The normalized spacial score (nSPS) is 12.2. The smallest absolute Gasteiger partial charge is 0.123 e. The van der Waals surface area contributed by atoms with Crippen LogP contribution in [-0.4, -0.2) is 7.11 Å². The van der Waals surface area contributed by atoms with Gasteiger partial charge >= 0.3 is 0 Å². The number of rotatable bonds is 5. The van der Waals surface area contributed by atoms with Crippen LogP contribution in [0.25, 0.3) is 0 Å². The molecule has 2 aromatic carbocycles. The Labute approximate surface area is 125 Å². The van der Waals surface area contributed by atoms with Crippen LogP contribution in [0.5, 0.6) is 5.75 Å². The molecule has 0 fully saturated rings. The van der Waals surface area contributed by atoms with Gasteiger partial charge in [-0.25, -0.2) is 0 Å². The molecule has 2 rings (SSSR count). The van der Waals surface area contributed by atoms with Crippen molar-refractivity contribution in [1.29, 1.82) is 0 Å².